The fourth-order valence-corrected chi connectivity index (χ4v) is 2.75. The third kappa shape index (κ3) is 14.6. The van der Waals surface area contributed by atoms with Gasteiger partial charge in [-0.3, -0.25) is 9.79 Å². The zero-order valence-electron chi connectivity index (χ0n) is 18.0. The summed E-state index contributed by atoms with van der Waals surface area (Å²) in [5.41, 5.74) is 11.1. The van der Waals surface area contributed by atoms with Gasteiger partial charge in [-0.15, -0.1) is 0 Å². The summed E-state index contributed by atoms with van der Waals surface area (Å²) in [5.74, 6) is 0.216. The van der Waals surface area contributed by atoms with E-state index in [4.69, 9.17) is 11.5 Å². The molecule has 1 aromatic carbocycles. The summed E-state index contributed by atoms with van der Waals surface area (Å²) in [6, 6.07) is 6.26. The Hall–Kier alpha value is -2.36. The molecule has 9 heteroatoms. The second-order valence-corrected chi connectivity index (χ2v) is 7.13. The van der Waals surface area contributed by atoms with Gasteiger partial charge in [-0.1, -0.05) is 0 Å². The molecule has 0 aromatic heterocycles. The first-order chi connectivity index (χ1) is 14.6. The molecule has 0 spiro atoms. The molecule has 1 rings (SSSR count). The van der Waals surface area contributed by atoms with Crippen LogP contribution >= 0.6 is 0 Å². The van der Waals surface area contributed by atoms with Crippen LogP contribution in [0.2, 0.25) is 0 Å². The smallest absolute Gasteiger partial charge is 0.251 e. The monoisotopic (exact) mass is 421 g/mol. The Morgan fingerprint density at radius 1 is 0.767 bits per heavy atom. The molecular formula is C21H39N7O2. The van der Waals surface area contributed by atoms with Crippen molar-refractivity contribution in [1.82, 2.24) is 21.3 Å². The summed E-state index contributed by atoms with van der Waals surface area (Å²) in [7, 11) is 0. The number of hydrogen-bond acceptors (Lipinski definition) is 6. The van der Waals surface area contributed by atoms with Crippen molar-refractivity contribution in [3.05, 3.63) is 29.8 Å². The summed E-state index contributed by atoms with van der Waals surface area (Å²) in [5, 5.41) is 22.4. The van der Waals surface area contributed by atoms with Crippen LogP contribution in [0.5, 0.6) is 5.75 Å². The number of aromatic hydroxyl groups is 1. The number of nitrogens with one attached hydrogen (secondary N) is 4. The number of amides is 1. The molecule has 170 valence electrons. The van der Waals surface area contributed by atoms with Crippen LogP contribution in [-0.2, 0) is 0 Å². The van der Waals surface area contributed by atoms with Crippen LogP contribution in [0.25, 0.3) is 0 Å². The highest BCUT2D eigenvalue weighted by atomic mass is 16.3. The Balaban J connectivity index is 1.78. The van der Waals surface area contributed by atoms with Crippen LogP contribution in [0.3, 0.4) is 0 Å². The maximum Gasteiger partial charge on any atom is 0.251 e. The zero-order valence-corrected chi connectivity index (χ0v) is 18.0. The second-order valence-electron chi connectivity index (χ2n) is 7.13. The summed E-state index contributed by atoms with van der Waals surface area (Å²) in [6.45, 7) is 7.21. The Morgan fingerprint density at radius 2 is 1.27 bits per heavy atom. The number of rotatable bonds is 18. The van der Waals surface area contributed by atoms with Crippen molar-refractivity contribution < 1.29 is 9.90 Å². The first-order valence-corrected chi connectivity index (χ1v) is 10.8. The van der Waals surface area contributed by atoms with Gasteiger partial charge in [-0.05, 0) is 95.6 Å². The molecule has 0 saturated carbocycles. The van der Waals surface area contributed by atoms with Gasteiger partial charge in [0.25, 0.3) is 5.91 Å². The van der Waals surface area contributed by atoms with E-state index in [0.717, 1.165) is 71.4 Å². The Kier molecular flexibility index (Phi) is 15.0. The minimum atomic E-state index is -0.111. The quantitative estimate of drug-likeness (QED) is 0.101. The third-order valence-electron chi connectivity index (χ3n) is 4.42. The molecule has 0 fully saturated rings. The molecule has 0 bridgehead atoms. The van der Waals surface area contributed by atoms with Crippen molar-refractivity contribution in [1.29, 1.82) is 0 Å². The average Bonchev–Trinajstić information content (AvgIpc) is 2.73. The first-order valence-electron chi connectivity index (χ1n) is 10.8. The predicted octanol–water partition coefficient (Wildman–Crippen LogP) is 0.115. The van der Waals surface area contributed by atoms with E-state index in [2.05, 4.69) is 26.3 Å². The fraction of sp³-hybridized carbons (Fsp3) is 0.619. The van der Waals surface area contributed by atoms with Gasteiger partial charge in [0.15, 0.2) is 5.96 Å². The van der Waals surface area contributed by atoms with Crippen molar-refractivity contribution in [2.24, 2.45) is 16.5 Å². The largest absolute Gasteiger partial charge is 0.508 e. The van der Waals surface area contributed by atoms with Gasteiger partial charge < -0.3 is 37.8 Å². The molecule has 0 saturated heterocycles. The molecule has 0 aliphatic rings. The average molecular weight is 422 g/mol. The molecule has 0 heterocycles. The number of nitrogens with zero attached hydrogens (tertiary/aromatic N) is 1. The zero-order chi connectivity index (χ0) is 21.9. The number of phenols is 1. The van der Waals surface area contributed by atoms with Crippen molar-refractivity contribution in [3.63, 3.8) is 0 Å². The fourth-order valence-electron chi connectivity index (χ4n) is 2.75. The topological polar surface area (TPSA) is 150 Å². The minimum Gasteiger partial charge on any atom is -0.508 e. The van der Waals surface area contributed by atoms with Crippen molar-refractivity contribution >= 4 is 11.9 Å². The van der Waals surface area contributed by atoms with E-state index in [9.17, 15) is 9.90 Å². The Labute approximate surface area is 180 Å². The van der Waals surface area contributed by atoms with Gasteiger partial charge >= 0.3 is 0 Å². The standard InChI is InChI=1S/C21H39N7O2/c22-21(23)28-16-2-1-10-24-11-3-12-25-13-4-14-26-15-5-17-27-20(30)18-6-8-19(29)9-7-18/h6-9,24-26,29H,1-5,10-17H2,(H,27,30)(H4,22,23,28). The van der Waals surface area contributed by atoms with Crippen LogP contribution in [0.4, 0.5) is 0 Å². The molecule has 1 aromatic rings. The molecule has 0 aliphatic carbocycles. The highest BCUT2D eigenvalue weighted by molar-refractivity contribution is 5.94. The van der Waals surface area contributed by atoms with Crippen LogP contribution in [-0.4, -0.2) is 69.3 Å². The van der Waals surface area contributed by atoms with E-state index in [1.165, 1.54) is 12.1 Å². The van der Waals surface area contributed by atoms with E-state index >= 15 is 0 Å². The van der Waals surface area contributed by atoms with Crippen LogP contribution in [0.15, 0.2) is 29.3 Å². The van der Waals surface area contributed by atoms with E-state index in [-0.39, 0.29) is 17.6 Å². The third-order valence-corrected chi connectivity index (χ3v) is 4.42. The molecule has 0 atom stereocenters. The number of nitrogens with two attached hydrogens (primary N) is 2. The van der Waals surface area contributed by atoms with Crippen LogP contribution < -0.4 is 32.7 Å². The molecule has 0 aliphatic heterocycles. The van der Waals surface area contributed by atoms with E-state index in [0.29, 0.717) is 18.7 Å². The number of unbranched alkanes of at least 4 members (excludes halogenated alkanes) is 1. The first kappa shape index (κ1) is 25.7. The Morgan fingerprint density at radius 3 is 1.80 bits per heavy atom. The lowest BCUT2D eigenvalue weighted by Gasteiger charge is -2.08. The highest BCUT2D eigenvalue weighted by Crippen LogP contribution is 2.09. The van der Waals surface area contributed by atoms with Gasteiger partial charge in [-0.25, -0.2) is 0 Å². The van der Waals surface area contributed by atoms with E-state index in [1.807, 2.05) is 0 Å². The molecule has 30 heavy (non-hydrogen) atoms. The maximum atomic E-state index is 11.9. The molecule has 0 radical (unpaired) electrons. The van der Waals surface area contributed by atoms with E-state index in [1.54, 1.807) is 12.1 Å². The number of carbonyl (C=O) groups excluding carboxylic acids is 1. The van der Waals surface area contributed by atoms with Gasteiger partial charge in [0.1, 0.15) is 5.75 Å². The number of carbonyl (C=O) groups is 1. The number of hydrogen-bond donors (Lipinski definition) is 7. The van der Waals surface area contributed by atoms with Crippen molar-refractivity contribution in [3.8, 4) is 5.75 Å². The summed E-state index contributed by atoms with van der Waals surface area (Å²) >= 11 is 0. The normalized spacial score (nSPS) is 10.7. The number of benzene rings is 1. The van der Waals surface area contributed by atoms with Crippen LogP contribution in [0, 0.1) is 0 Å². The molecule has 1 amide bonds. The molecule has 9 N–H and O–H groups in total. The lowest BCUT2D eigenvalue weighted by atomic mass is 10.2. The lowest BCUT2D eigenvalue weighted by Crippen LogP contribution is -2.28. The minimum absolute atomic E-state index is 0.111. The number of phenolic OH excluding ortho intramolecular Hbond substituents is 1. The molecule has 0 unspecified atom stereocenters. The molecular weight excluding hydrogens is 382 g/mol. The Bertz CT molecular complexity index is 590. The number of aliphatic imine (C=N–C) groups is 1. The van der Waals surface area contributed by atoms with Gasteiger partial charge in [0.05, 0.1) is 0 Å². The second kappa shape index (κ2) is 17.5. The summed E-state index contributed by atoms with van der Waals surface area (Å²) in [6.07, 6.45) is 5.16. The van der Waals surface area contributed by atoms with Gasteiger partial charge in [-0.2, -0.15) is 0 Å². The summed E-state index contributed by atoms with van der Waals surface area (Å²) in [4.78, 5) is 15.9. The van der Waals surface area contributed by atoms with E-state index < -0.39 is 0 Å². The summed E-state index contributed by atoms with van der Waals surface area (Å²) < 4.78 is 0. The molecule has 9 nitrogen and oxygen atoms in total. The van der Waals surface area contributed by atoms with Crippen molar-refractivity contribution in [2.75, 3.05) is 52.4 Å². The SMILES string of the molecule is NC(N)=NCCCCNCCCNCCCNCCCNC(=O)c1ccc(O)cc1. The maximum absolute atomic E-state index is 11.9. The van der Waals surface area contributed by atoms with Gasteiger partial charge in [0.2, 0.25) is 0 Å². The van der Waals surface area contributed by atoms with Crippen LogP contribution in [0.1, 0.15) is 42.5 Å². The lowest BCUT2D eigenvalue weighted by molar-refractivity contribution is 0.0953. The van der Waals surface area contributed by atoms with Gasteiger partial charge in [0, 0.05) is 18.7 Å². The number of guanidine groups is 1. The highest BCUT2D eigenvalue weighted by Gasteiger charge is 2.03. The predicted molar refractivity (Wildman–Crippen MR) is 123 cm³/mol. The van der Waals surface area contributed by atoms with Crippen molar-refractivity contribution in [2.45, 2.75) is 32.1 Å².